The molecule has 2 fully saturated rings. The summed E-state index contributed by atoms with van der Waals surface area (Å²) in [4.78, 5) is 29.1. The highest BCUT2D eigenvalue weighted by molar-refractivity contribution is 14.1. The van der Waals surface area contributed by atoms with Gasteiger partial charge in [-0.25, -0.2) is 4.79 Å². The Balaban J connectivity index is 1.73. The van der Waals surface area contributed by atoms with Crippen LogP contribution in [0.2, 0.25) is 0 Å². The van der Waals surface area contributed by atoms with Crippen molar-refractivity contribution in [2.75, 3.05) is 19.6 Å². The molecule has 136 valence electrons. The first-order chi connectivity index (χ1) is 11.6. The average Bonchev–Trinajstić information content (AvgIpc) is 3.27. The second kappa shape index (κ2) is 6.45. The first-order valence-electron chi connectivity index (χ1n) is 8.67. The van der Waals surface area contributed by atoms with Gasteiger partial charge in [-0.1, -0.05) is 6.07 Å². The van der Waals surface area contributed by atoms with Crippen LogP contribution < -0.4 is 0 Å². The Hall–Kier alpha value is -1.31. The van der Waals surface area contributed by atoms with Gasteiger partial charge >= 0.3 is 6.09 Å². The third-order valence-corrected chi connectivity index (χ3v) is 5.96. The van der Waals surface area contributed by atoms with Crippen LogP contribution in [0.5, 0.6) is 0 Å². The van der Waals surface area contributed by atoms with Crippen LogP contribution in [-0.4, -0.2) is 52.6 Å². The number of benzene rings is 1. The number of hydrogen-bond donors (Lipinski definition) is 0. The molecule has 1 saturated carbocycles. The molecule has 0 bridgehead atoms. The van der Waals surface area contributed by atoms with E-state index in [-0.39, 0.29) is 17.5 Å². The van der Waals surface area contributed by atoms with E-state index in [4.69, 9.17) is 4.74 Å². The molecule has 1 aromatic rings. The summed E-state index contributed by atoms with van der Waals surface area (Å²) in [5.41, 5.74) is 1.20. The summed E-state index contributed by atoms with van der Waals surface area (Å²) in [6.45, 7) is 9.30. The Morgan fingerprint density at radius 1 is 1.20 bits per heavy atom. The van der Waals surface area contributed by atoms with Gasteiger partial charge in [0.05, 0.1) is 5.54 Å². The number of nitrogens with zero attached hydrogens (tertiary/aromatic N) is 2. The largest absolute Gasteiger partial charge is 0.444 e. The summed E-state index contributed by atoms with van der Waals surface area (Å²) in [5, 5.41) is 0. The van der Waals surface area contributed by atoms with Gasteiger partial charge < -0.3 is 14.5 Å². The molecular weight excluding hydrogens is 431 g/mol. The van der Waals surface area contributed by atoms with Gasteiger partial charge in [-0.3, -0.25) is 4.79 Å². The Kier molecular flexibility index (Phi) is 4.77. The Morgan fingerprint density at radius 3 is 2.44 bits per heavy atom. The molecule has 1 heterocycles. The fraction of sp³-hybridized carbons (Fsp3) is 0.579. The molecule has 25 heavy (non-hydrogen) atoms. The highest BCUT2D eigenvalue weighted by atomic mass is 127. The molecule has 1 aliphatic heterocycles. The second-order valence-corrected chi connectivity index (χ2v) is 9.21. The van der Waals surface area contributed by atoms with Gasteiger partial charge in [-0.15, -0.1) is 0 Å². The topological polar surface area (TPSA) is 49.9 Å². The van der Waals surface area contributed by atoms with E-state index in [2.05, 4.69) is 22.6 Å². The van der Waals surface area contributed by atoms with Gasteiger partial charge in [-0.05, 0) is 80.8 Å². The quantitative estimate of drug-likeness (QED) is 0.604. The molecule has 3 rings (SSSR count). The molecule has 1 saturated heterocycles. The lowest BCUT2D eigenvalue weighted by Crippen LogP contribution is -2.58. The summed E-state index contributed by atoms with van der Waals surface area (Å²) in [5.74, 6) is 0.0688. The normalized spacial score (nSPS) is 19.1. The standard InChI is InChI=1S/C19H25IN2O3/c1-13-5-6-14(11-15(13)20)16(23)22-10-9-21(12-19(22)7-8-19)17(24)25-18(2,3)4/h5-6,11H,7-10,12H2,1-4H3. The third-order valence-electron chi connectivity index (χ3n) is 4.79. The molecule has 0 aromatic heterocycles. The van der Waals surface area contributed by atoms with E-state index in [0.717, 1.165) is 22.0 Å². The van der Waals surface area contributed by atoms with E-state index in [1.165, 1.54) is 5.56 Å². The number of rotatable bonds is 1. The minimum atomic E-state index is -0.501. The number of ether oxygens (including phenoxy) is 1. The van der Waals surface area contributed by atoms with Crippen LogP contribution in [0.25, 0.3) is 0 Å². The zero-order valence-corrected chi connectivity index (χ0v) is 17.4. The van der Waals surface area contributed by atoms with Gasteiger partial charge in [0, 0.05) is 28.8 Å². The minimum absolute atomic E-state index is 0.0688. The van der Waals surface area contributed by atoms with Gasteiger partial charge in [0.1, 0.15) is 5.60 Å². The van der Waals surface area contributed by atoms with Crippen molar-refractivity contribution in [2.45, 2.75) is 51.7 Å². The maximum absolute atomic E-state index is 13.0. The van der Waals surface area contributed by atoms with Gasteiger partial charge in [0.15, 0.2) is 0 Å². The van der Waals surface area contributed by atoms with Crippen molar-refractivity contribution in [3.8, 4) is 0 Å². The molecule has 6 heteroatoms. The number of halogens is 1. The van der Waals surface area contributed by atoms with E-state index in [0.29, 0.717) is 19.6 Å². The van der Waals surface area contributed by atoms with Crippen LogP contribution in [-0.2, 0) is 4.74 Å². The molecule has 1 aromatic carbocycles. The third kappa shape index (κ3) is 3.93. The van der Waals surface area contributed by atoms with Crippen LogP contribution in [0, 0.1) is 10.5 Å². The molecule has 0 unspecified atom stereocenters. The number of carbonyl (C=O) groups is 2. The lowest BCUT2D eigenvalue weighted by atomic mass is 10.1. The number of aryl methyl sites for hydroxylation is 1. The van der Waals surface area contributed by atoms with Crippen molar-refractivity contribution in [1.82, 2.24) is 9.80 Å². The monoisotopic (exact) mass is 456 g/mol. The van der Waals surface area contributed by atoms with Gasteiger partial charge in [0.2, 0.25) is 0 Å². The van der Waals surface area contributed by atoms with Crippen LogP contribution in [0.1, 0.15) is 49.5 Å². The van der Waals surface area contributed by atoms with E-state index in [1.54, 1.807) is 4.90 Å². The Labute approximate surface area is 162 Å². The summed E-state index contributed by atoms with van der Waals surface area (Å²) in [6, 6.07) is 5.84. The zero-order valence-electron chi connectivity index (χ0n) is 15.3. The van der Waals surface area contributed by atoms with Crippen LogP contribution >= 0.6 is 22.6 Å². The van der Waals surface area contributed by atoms with Crippen molar-refractivity contribution in [1.29, 1.82) is 0 Å². The molecule has 0 atom stereocenters. The van der Waals surface area contributed by atoms with Crippen molar-refractivity contribution < 1.29 is 14.3 Å². The van der Waals surface area contributed by atoms with Gasteiger partial charge in [-0.2, -0.15) is 0 Å². The first kappa shape index (κ1) is 18.5. The van der Waals surface area contributed by atoms with Crippen molar-refractivity contribution in [3.05, 3.63) is 32.9 Å². The van der Waals surface area contributed by atoms with Crippen LogP contribution in [0.15, 0.2) is 18.2 Å². The molecule has 5 nitrogen and oxygen atoms in total. The highest BCUT2D eigenvalue weighted by Gasteiger charge is 2.54. The lowest BCUT2D eigenvalue weighted by molar-refractivity contribution is 0.000633. The molecule has 2 aliphatic rings. The van der Waals surface area contributed by atoms with E-state index in [9.17, 15) is 9.59 Å². The molecule has 0 radical (unpaired) electrons. The first-order valence-corrected chi connectivity index (χ1v) is 9.75. The smallest absolute Gasteiger partial charge is 0.410 e. The van der Waals surface area contributed by atoms with Gasteiger partial charge in [0.25, 0.3) is 5.91 Å². The van der Waals surface area contributed by atoms with Crippen molar-refractivity contribution in [3.63, 3.8) is 0 Å². The number of hydrogen-bond acceptors (Lipinski definition) is 3. The summed E-state index contributed by atoms with van der Waals surface area (Å²) < 4.78 is 6.59. The maximum Gasteiger partial charge on any atom is 0.410 e. The average molecular weight is 456 g/mol. The zero-order chi connectivity index (χ0) is 18.4. The SMILES string of the molecule is Cc1ccc(C(=O)N2CCN(C(=O)OC(C)(C)C)CC23CC3)cc1I. The molecule has 2 amide bonds. The fourth-order valence-corrected chi connectivity index (χ4v) is 3.75. The van der Waals surface area contributed by atoms with Crippen molar-refractivity contribution in [2.24, 2.45) is 0 Å². The van der Waals surface area contributed by atoms with E-state index < -0.39 is 5.60 Å². The van der Waals surface area contributed by atoms with E-state index >= 15 is 0 Å². The van der Waals surface area contributed by atoms with Crippen LogP contribution in [0.4, 0.5) is 4.79 Å². The lowest BCUT2D eigenvalue weighted by Gasteiger charge is -2.42. The maximum atomic E-state index is 13.0. The number of carbonyl (C=O) groups excluding carboxylic acids is 2. The second-order valence-electron chi connectivity index (χ2n) is 8.05. The Morgan fingerprint density at radius 2 is 1.88 bits per heavy atom. The molecule has 0 N–H and O–H groups in total. The predicted molar refractivity (Wildman–Crippen MR) is 105 cm³/mol. The van der Waals surface area contributed by atoms with Crippen LogP contribution in [0.3, 0.4) is 0 Å². The molecular formula is C19H25IN2O3. The minimum Gasteiger partial charge on any atom is -0.444 e. The number of amides is 2. The van der Waals surface area contributed by atoms with Crippen molar-refractivity contribution >= 4 is 34.6 Å². The number of piperazine rings is 1. The molecule has 1 aliphatic carbocycles. The van der Waals surface area contributed by atoms with E-state index in [1.807, 2.05) is 50.8 Å². The highest BCUT2D eigenvalue weighted by Crippen LogP contribution is 2.45. The Bertz CT molecular complexity index is 707. The summed E-state index contributed by atoms with van der Waals surface area (Å²) >= 11 is 2.26. The molecule has 1 spiro atoms. The fourth-order valence-electron chi connectivity index (χ4n) is 3.23. The summed E-state index contributed by atoms with van der Waals surface area (Å²) in [7, 11) is 0. The summed E-state index contributed by atoms with van der Waals surface area (Å²) in [6.07, 6.45) is 1.61. The predicted octanol–water partition coefficient (Wildman–Crippen LogP) is 3.83.